The molecule has 4 rings (SSSR count). The minimum absolute atomic E-state index is 0.123. The lowest BCUT2D eigenvalue weighted by Gasteiger charge is -2.09. The maximum absolute atomic E-state index is 12.7. The second kappa shape index (κ2) is 6.42. The molecule has 3 heterocycles. The average Bonchev–Trinajstić information content (AvgIpc) is 3.30. The smallest absolute Gasteiger partial charge is 0.275 e. The van der Waals surface area contributed by atoms with Gasteiger partial charge in [-0.1, -0.05) is 0 Å². The number of aromatic nitrogens is 3. The van der Waals surface area contributed by atoms with Gasteiger partial charge >= 0.3 is 0 Å². The molecule has 0 aliphatic carbocycles. The second-order valence-corrected chi connectivity index (χ2v) is 6.21. The Hall–Kier alpha value is -3.92. The van der Waals surface area contributed by atoms with Crippen LogP contribution in [0.4, 0.5) is 5.69 Å². The number of fused-ring (bicyclic) bond motifs is 1. The molecule has 3 aromatic heterocycles. The Morgan fingerprint density at radius 1 is 1.26 bits per heavy atom. The number of amides is 1. The van der Waals surface area contributed by atoms with Gasteiger partial charge in [-0.15, -0.1) is 0 Å². The average molecular weight is 357 g/mol. The van der Waals surface area contributed by atoms with Crippen LogP contribution in [-0.4, -0.2) is 21.1 Å². The minimum Gasteiger partial charge on any atom is -0.472 e. The third-order valence-corrected chi connectivity index (χ3v) is 4.29. The standard InChI is InChI=1S/C20H15N5O2/c1-11-7-12(2)22-19(16(11)9-21)20(26)23-14-3-4-17-15(8-14)18(25-24-17)13-5-6-27-10-13/h3-8,10H,1-2H3,(H,23,26)(H,24,25). The van der Waals surface area contributed by atoms with Crippen molar-refractivity contribution in [3.63, 3.8) is 0 Å². The number of rotatable bonds is 3. The van der Waals surface area contributed by atoms with E-state index in [4.69, 9.17) is 4.42 Å². The number of aryl methyl sites for hydroxylation is 2. The summed E-state index contributed by atoms with van der Waals surface area (Å²) in [6.45, 7) is 3.58. The summed E-state index contributed by atoms with van der Waals surface area (Å²) in [6.07, 6.45) is 3.19. The van der Waals surface area contributed by atoms with Crippen molar-refractivity contribution in [3.8, 4) is 17.3 Å². The molecule has 7 nitrogen and oxygen atoms in total. The predicted molar refractivity (Wildman–Crippen MR) is 100 cm³/mol. The number of pyridine rings is 1. The number of furan rings is 1. The van der Waals surface area contributed by atoms with Gasteiger partial charge in [0.05, 0.1) is 23.6 Å². The molecule has 0 saturated heterocycles. The van der Waals surface area contributed by atoms with Gasteiger partial charge in [0.2, 0.25) is 0 Å². The van der Waals surface area contributed by atoms with Crippen molar-refractivity contribution in [2.75, 3.05) is 5.32 Å². The van der Waals surface area contributed by atoms with Crippen molar-refractivity contribution in [2.24, 2.45) is 0 Å². The fourth-order valence-corrected chi connectivity index (χ4v) is 3.04. The van der Waals surface area contributed by atoms with E-state index in [2.05, 4.69) is 26.6 Å². The molecule has 0 saturated carbocycles. The Bertz CT molecular complexity index is 1200. The van der Waals surface area contributed by atoms with E-state index in [1.807, 2.05) is 18.2 Å². The number of anilines is 1. The van der Waals surface area contributed by atoms with Crippen molar-refractivity contribution in [2.45, 2.75) is 13.8 Å². The minimum atomic E-state index is -0.425. The molecule has 0 spiro atoms. The number of H-pyrrole nitrogens is 1. The predicted octanol–water partition coefficient (Wildman–Crippen LogP) is 3.96. The highest BCUT2D eigenvalue weighted by Crippen LogP contribution is 2.29. The van der Waals surface area contributed by atoms with Crippen molar-refractivity contribution in [1.82, 2.24) is 15.2 Å². The molecule has 1 amide bonds. The van der Waals surface area contributed by atoms with Crippen LogP contribution in [0, 0.1) is 25.2 Å². The summed E-state index contributed by atoms with van der Waals surface area (Å²) in [5.41, 5.74) is 4.81. The third kappa shape index (κ3) is 2.93. The maximum atomic E-state index is 12.7. The van der Waals surface area contributed by atoms with E-state index in [1.54, 1.807) is 38.5 Å². The Balaban J connectivity index is 1.71. The number of carbonyl (C=O) groups is 1. The molecule has 27 heavy (non-hydrogen) atoms. The Morgan fingerprint density at radius 2 is 2.11 bits per heavy atom. The summed E-state index contributed by atoms with van der Waals surface area (Å²) in [5, 5.41) is 20.3. The molecule has 0 unspecified atom stereocenters. The molecule has 0 radical (unpaired) electrons. The first kappa shape index (κ1) is 16.5. The number of carbonyl (C=O) groups excluding carboxylic acids is 1. The van der Waals surface area contributed by atoms with Crippen molar-refractivity contribution >= 4 is 22.5 Å². The van der Waals surface area contributed by atoms with Gasteiger partial charge in [0.1, 0.15) is 17.5 Å². The van der Waals surface area contributed by atoms with E-state index in [0.29, 0.717) is 11.4 Å². The zero-order chi connectivity index (χ0) is 19.0. The highest BCUT2D eigenvalue weighted by Gasteiger charge is 2.17. The summed E-state index contributed by atoms with van der Waals surface area (Å²) in [7, 11) is 0. The largest absolute Gasteiger partial charge is 0.472 e. The normalized spacial score (nSPS) is 10.7. The molecule has 1 aromatic carbocycles. The quantitative estimate of drug-likeness (QED) is 0.577. The summed E-state index contributed by atoms with van der Waals surface area (Å²) in [5.74, 6) is -0.425. The zero-order valence-electron chi connectivity index (χ0n) is 14.7. The third-order valence-electron chi connectivity index (χ3n) is 4.29. The van der Waals surface area contributed by atoms with E-state index in [1.165, 1.54) is 0 Å². The Morgan fingerprint density at radius 3 is 2.85 bits per heavy atom. The second-order valence-electron chi connectivity index (χ2n) is 6.21. The van der Waals surface area contributed by atoms with Gasteiger partial charge in [0.25, 0.3) is 5.91 Å². The number of nitrogens with zero attached hydrogens (tertiary/aromatic N) is 3. The summed E-state index contributed by atoms with van der Waals surface area (Å²) >= 11 is 0. The number of nitrogens with one attached hydrogen (secondary N) is 2. The number of hydrogen-bond donors (Lipinski definition) is 2. The summed E-state index contributed by atoms with van der Waals surface area (Å²) < 4.78 is 5.13. The van der Waals surface area contributed by atoms with Gasteiger partial charge in [0, 0.05) is 22.3 Å². The van der Waals surface area contributed by atoms with Crippen LogP contribution in [0.1, 0.15) is 27.3 Å². The van der Waals surface area contributed by atoms with Crippen molar-refractivity contribution < 1.29 is 9.21 Å². The summed E-state index contributed by atoms with van der Waals surface area (Å²) in [4.78, 5) is 17.0. The lowest BCUT2D eigenvalue weighted by atomic mass is 10.1. The molecule has 7 heteroatoms. The zero-order valence-corrected chi connectivity index (χ0v) is 14.7. The number of benzene rings is 1. The van der Waals surface area contributed by atoms with Crippen LogP contribution >= 0.6 is 0 Å². The maximum Gasteiger partial charge on any atom is 0.275 e. The van der Waals surface area contributed by atoms with Crippen LogP contribution in [0.5, 0.6) is 0 Å². The number of hydrogen-bond acceptors (Lipinski definition) is 5. The molecule has 0 fully saturated rings. The van der Waals surface area contributed by atoms with Crippen LogP contribution in [-0.2, 0) is 0 Å². The first-order valence-corrected chi connectivity index (χ1v) is 8.27. The van der Waals surface area contributed by atoms with Gasteiger partial charge < -0.3 is 9.73 Å². The molecular formula is C20H15N5O2. The molecular weight excluding hydrogens is 342 g/mol. The number of nitriles is 1. The van der Waals surface area contributed by atoms with E-state index in [-0.39, 0.29) is 11.3 Å². The molecule has 0 aliphatic heterocycles. The first-order chi connectivity index (χ1) is 13.1. The monoisotopic (exact) mass is 357 g/mol. The topological polar surface area (TPSA) is 108 Å². The van der Waals surface area contributed by atoms with Gasteiger partial charge in [-0.05, 0) is 49.7 Å². The molecule has 132 valence electrons. The summed E-state index contributed by atoms with van der Waals surface area (Å²) in [6, 6.07) is 11.1. The van der Waals surface area contributed by atoms with Crippen LogP contribution in [0.2, 0.25) is 0 Å². The Labute approximate surface area is 154 Å². The van der Waals surface area contributed by atoms with Gasteiger partial charge in [-0.2, -0.15) is 10.4 Å². The van der Waals surface area contributed by atoms with Gasteiger partial charge in [0.15, 0.2) is 0 Å². The van der Waals surface area contributed by atoms with Crippen molar-refractivity contribution in [3.05, 3.63) is 65.4 Å². The highest BCUT2D eigenvalue weighted by molar-refractivity contribution is 6.06. The molecule has 0 atom stereocenters. The fourth-order valence-electron chi connectivity index (χ4n) is 3.04. The van der Waals surface area contributed by atoms with E-state index >= 15 is 0 Å². The molecule has 2 N–H and O–H groups in total. The molecule has 0 aliphatic rings. The van der Waals surface area contributed by atoms with Crippen LogP contribution < -0.4 is 5.32 Å². The fraction of sp³-hybridized carbons (Fsp3) is 0.100. The lowest BCUT2D eigenvalue weighted by molar-refractivity contribution is 0.102. The van der Waals surface area contributed by atoms with Gasteiger partial charge in [-0.25, -0.2) is 4.98 Å². The van der Waals surface area contributed by atoms with Crippen molar-refractivity contribution in [1.29, 1.82) is 5.26 Å². The van der Waals surface area contributed by atoms with Crippen LogP contribution in [0.3, 0.4) is 0 Å². The highest BCUT2D eigenvalue weighted by atomic mass is 16.3. The van der Waals surface area contributed by atoms with Gasteiger partial charge in [-0.3, -0.25) is 9.89 Å². The Kier molecular flexibility index (Phi) is 3.94. The van der Waals surface area contributed by atoms with E-state index < -0.39 is 5.91 Å². The lowest BCUT2D eigenvalue weighted by Crippen LogP contribution is -2.16. The van der Waals surface area contributed by atoms with Crippen LogP contribution in [0.15, 0.2) is 47.3 Å². The van der Waals surface area contributed by atoms with Crippen LogP contribution in [0.25, 0.3) is 22.2 Å². The van der Waals surface area contributed by atoms with E-state index in [9.17, 15) is 10.1 Å². The number of aromatic amines is 1. The molecule has 4 aromatic rings. The SMILES string of the molecule is Cc1cc(C)c(C#N)c(C(=O)Nc2ccc3[nH]nc(-c4ccoc4)c3c2)n1. The van der Waals surface area contributed by atoms with E-state index in [0.717, 1.165) is 27.7 Å². The first-order valence-electron chi connectivity index (χ1n) is 8.27. The molecule has 0 bridgehead atoms.